The maximum Gasteiger partial charge on any atom is 0.332 e. The monoisotopic (exact) mass is 328 g/mol. The number of fused-ring (bicyclic) bond motifs is 1. The number of benzene rings is 1. The Labute approximate surface area is 139 Å². The SMILES string of the molecule is Cn1c(=O)ccn([C@@H]2C[C@@]3(C)[C@H](CO[C@H]3c3ccccc3)O2)c1=O. The smallest absolute Gasteiger partial charge is 0.332 e. The quantitative estimate of drug-likeness (QED) is 0.840. The zero-order valence-corrected chi connectivity index (χ0v) is 13.7. The van der Waals surface area contributed by atoms with Gasteiger partial charge in [-0.05, 0) is 5.56 Å². The number of hydrogen-bond acceptors (Lipinski definition) is 4. The van der Waals surface area contributed by atoms with Crippen molar-refractivity contribution in [3.63, 3.8) is 0 Å². The number of rotatable bonds is 2. The second-order valence-corrected chi connectivity index (χ2v) is 6.82. The van der Waals surface area contributed by atoms with Gasteiger partial charge < -0.3 is 9.47 Å². The minimum Gasteiger partial charge on any atom is -0.370 e. The first kappa shape index (κ1) is 15.4. The fourth-order valence-electron chi connectivity index (χ4n) is 3.86. The molecule has 2 saturated heterocycles. The second-order valence-electron chi connectivity index (χ2n) is 6.82. The topological polar surface area (TPSA) is 62.5 Å². The molecule has 1 aromatic carbocycles. The van der Waals surface area contributed by atoms with Crippen molar-refractivity contribution in [2.75, 3.05) is 6.61 Å². The van der Waals surface area contributed by atoms with Gasteiger partial charge in [-0.15, -0.1) is 0 Å². The fraction of sp³-hybridized carbons (Fsp3) is 0.444. The summed E-state index contributed by atoms with van der Waals surface area (Å²) in [6, 6.07) is 11.5. The summed E-state index contributed by atoms with van der Waals surface area (Å²) in [4.78, 5) is 24.0. The molecule has 0 saturated carbocycles. The summed E-state index contributed by atoms with van der Waals surface area (Å²) >= 11 is 0. The Bertz CT molecular complexity index is 873. The minimum absolute atomic E-state index is 0.0584. The van der Waals surface area contributed by atoms with Crippen LogP contribution in [0.3, 0.4) is 0 Å². The molecule has 0 radical (unpaired) electrons. The van der Waals surface area contributed by atoms with Gasteiger partial charge in [0.15, 0.2) is 0 Å². The van der Waals surface area contributed by atoms with Crippen LogP contribution in [0.25, 0.3) is 0 Å². The van der Waals surface area contributed by atoms with Crippen LogP contribution < -0.4 is 11.2 Å². The highest BCUT2D eigenvalue weighted by atomic mass is 16.6. The van der Waals surface area contributed by atoms with Crippen molar-refractivity contribution in [2.45, 2.75) is 31.8 Å². The van der Waals surface area contributed by atoms with Gasteiger partial charge in [0.1, 0.15) is 6.23 Å². The van der Waals surface area contributed by atoms with Crippen LogP contribution in [-0.2, 0) is 16.5 Å². The van der Waals surface area contributed by atoms with Gasteiger partial charge in [-0.1, -0.05) is 37.3 Å². The van der Waals surface area contributed by atoms with Crippen LogP contribution in [0.5, 0.6) is 0 Å². The van der Waals surface area contributed by atoms with E-state index in [4.69, 9.17) is 9.47 Å². The van der Waals surface area contributed by atoms with Gasteiger partial charge in [0.2, 0.25) is 0 Å². The number of ether oxygens (including phenoxy) is 2. The highest BCUT2D eigenvalue weighted by Gasteiger charge is 2.56. The van der Waals surface area contributed by atoms with Crippen LogP contribution in [0, 0.1) is 5.41 Å². The summed E-state index contributed by atoms with van der Waals surface area (Å²) in [6.45, 7) is 2.66. The molecule has 0 aliphatic carbocycles. The normalized spacial score (nSPS) is 32.0. The van der Waals surface area contributed by atoms with E-state index in [9.17, 15) is 9.59 Å². The number of hydrogen-bond donors (Lipinski definition) is 0. The van der Waals surface area contributed by atoms with Crippen molar-refractivity contribution < 1.29 is 9.47 Å². The standard InChI is InChI=1S/C18H20N2O4/c1-18-10-15(20-9-8-14(21)19(2)17(20)22)24-13(18)11-23-16(18)12-6-4-3-5-7-12/h3-9,13,15-16H,10-11H2,1-2H3/t13-,15-,16-,18-/m0/s1. The lowest BCUT2D eigenvalue weighted by Gasteiger charge is -2.28. The predicted octanol–water partition coefficient (Wildman–Crippen LogP) is 1.61. The molecule has 0 unspecified atom stereocenters. The van der Waals surface area contributed by atoms with Gasteiger partial charge in [0.25, 0.3) is 5.56 Å². The first-order chi connectivity index (χ1) is 11.5. The third-order valence-corrected chi connectivity index (χ3v) is 5.31. The fourth-order valence-corrected chi connectivity index (χ4v) is 3.86. The van der Waals surface area contributed by atoms with Crippen LogP contribution in [0.4, 0.5) is 0 Å². The molecule has 2 fully saturated rings. The molecule has 0 amide bonds. The van der Waals surface area contributed by atoms with Crippen molar-refractivity contribution >= 4 is 0 Å². The van der Waals surface area contributed by atoms with Gasteiger partial charge in [0.05, 0.1) is 18.8 Å². The van der Waals surface area contributed by atoms with Crippen molar-refractivity contribution in [1.82, 2.24) is 9.13 Å². The lowest BCUT2D eigenvalue weighted by Crippen LogP contribution is -2.38. The van der Waals surface area contributed by atoms with E-state index >= 15 is 0 Å². The Hall–Kier alpha value is -2.18. The molecule has 2 aliphatic rings. The van der Waals surface area contributed by atoms with Gasteiger partial charge in [-0.2, -0.15) is 0 Å². The van der Waals surface area contributed by atoms with E-state index in [-0.39, 0.29) is 35.1 Å². The first-order valence-electron chi connectivity index (χ1n) is 8.11. The maximum atomic E-state index is 12.4. The van der Waals surface area contributed by atoms with Crippen LogP contribution in [0.15, 0.2) is 52.2 Å². The highest BCUT2D eigenvalue weighted by Crippen LogP contribution is 2.56. The average Bonchev–Trinajstić information content (AvgIpc) is 3.06. The predicted molar refractivity (Wildman–Crippen MR) is 87.7 cm³/mol. The summed E-state index contributed by atoms with van der Waals surface area (Å²) in [6.07, 6.45) is 1.68. The van der Waals surface area contributed by atoms with E-state index < -0.39 is 0 Å². The highest BCUT2D eigenvalue weighted by molar-refractivity contribution is 5.22. The molecule has 24 heavy (non-hydrogen) atoms. The third kappa shape index (κ3) is 2.17. The third-order valence-electron chi connectivity index (χ3n) is 5.31. The molecule has 0 N–H and O–H groups in total. The van der Waals surface area contributed by atoms with Crippen molar-refractivity contribution in [3.05, 3.63) is 69.0 Å². The van der Waals surface area contributed by atoms with E-state index in [1.54, 1.807) is 0 Å². The van der Waals surface area contributed by atoms with Crippen molar-refractivity contribution in [2.24, 2.45) is 12.5 Å². The average molecular weight is 328 g/mol. The van der Waals surface area contributed by atoms with Gasteiger partial charge >= 0.3 is 5.69 Å². The molecule has 2 aromatic rings. The number of nitrogens with zero attached hydrogens (tertiary/aromatic N) is 2. The van der Waals surface area contributed by atoms with Crippen molar-refractivity contribution in [1.29, 1.82) is 0 Å². The molecule has 0 spiro atoms. The molecular weight excluding hydrogens is 308 g/mol. The van der Waals surface area contributed by atoms with Crippen molar-refractivity contribution in [3.8, 4) is 0 Å². The molecule has 6 heteroatoms. The summed E-state index contributed by atoms with van der Waals surface area (Å²) in [5.41, 5.74) is 0.249. The van der Waals surface area contributed by atoms with E-state index in [1.807, 2.05) is 18.2 Å². The summed E-state index contributed by atoms with van der Waals surface area (Å²) < 4.78 is 14.7. The Morgan fingerprint density at radius 2 is 1.92 bits per heavy atom. The molecule has 4 rings (SSSR count). The van der Waals surface area contributed by atoms with E-state index in [0.29, 0.717) is 13.0 Å². The zero-order valence-electron chi connectivity index (χ0n) is 13.7. The Morgan fingerprint density at radius 3 is 2.67 bits per heavy atom. The maximum absolute atomic E-state index is 12.4. The largest absolute Gasteiger partial charge is 0.370 e. The van der Waals surface area contributed by atoms with Gasteiger partial charge in [-0.25, -0.2) is 4.79 Å². The van der Waals surface area contributed by atoms with E-state index in [2.05, 4.69) is 19.1 Å². The molecule has 4 atom stereocenters. The van der Waals surface area contributed by atoms with Crippen LogP contribution >= 0.6 is 0 Å². The van der Waals surface area contributed by atoms with Gasteiger partial charge in [0, 0.05) is 31.1 Å². The molecule has 126 valence electrons. The lowest BCUT2D eigenvalue weighted by atomic mass is 9.77. The lowest BCUT2D eigenvalue weighted by molar-refractivity contribution is -0.0260. The summed E-state index contributed by atoms with van der Waals surface area (Å²) in [5.74, 6) is 0. The molecule has 0 bridgehead atoms. The van der Waals surface area contributed by atoms with Crippen LogP contribution in [-0.4, -0.2) is 21.8 Å². The second kappa shape index (κ2) is 5.43. The Kier molecular flexibility index (Phi) is 3.47. The molecule has 3 heterocycles. The molecule has 2 aliphatic heterocycles. The molecular formula is C18H20N2O4. The van der Waals surface area contributed by atoms with E-state index in [1.165, 1.54) is 23.9 Å². The summed E-state index contributed by atoms with van der Waals surface area (Å²) in [5, 5.41) is 0. The first-order valence-corrected chi connectivity index (χ1v) is 8.11. The van der Waals surface area contributed by atoms with Crippen LogP contribution in [0.2, 0.25) is 0 Å². The minimum atomic E-state index is -0.380. The summed E-state index contributed by atoms with van der Waals surface area (Å²) in [7, 11) is 1.48. The Morgan fingerprint density at radius 1 is 1.17 bits per heavy atom. The molecule has 1 aromatic heterocycles. The Balaban J connectivity index is 1.68. The van der Waals surface area contributed by atoms with Gasteiger partial charge in [-0.3, -0.25) is 13.9 Å². The van der Waals surface area contributed by atoms with E-state index in [0.717, 1.165) is 10.1 Å². The number of aromatic nitrogens is 2. The molecule has 6 nitrogen and oxygen atoms in total. The zero-order chi connectivity index (χ0) is 16.9. The van der Waals surface area contributed by atoms with Crippen LogP contribution in [0.1, 0.15) is 31.2 Å².